The molecule has 3 rings (SSSR count). The molecule has 164 valence electrons. The van der Waals surface area contributed by atoms with Gasteiger partial charge in [-0.3, -0.25) is 9.03 Å². The number of rotatable bonds is 7. The highest BCUT2D eigenvalue weighted by molar-refractivity contribution is 7.93. The minimum atomic E-state index is -3.80. The molecular formula is C21H28N2O5S2. The number of sulfonamides is 2. The van der Waals surface area contributed by atoms with Gasteiger partial charge in [-0.2, -0.15) is 0 Å². The number of hydrogen-bond acceptors (Lipinski definition) is 5. The average molecular weight is 453 g/mol. The third kappa shape index (κ3) is 4.41. The Labute approximate surface area is 179 Å². The molecule has 0 spiro atoms. The van der Waals surface area contributed by atoms with Crippen molar-refractivity contribution in [3.05, 3.63) is 47.0 Å². The van der Waals surface area contributed by atoms with Gasteiger partial charge in [0.15, 0.2) is 0 Å². The van der Waals surface area contributed by atoms with Gasteiger partial charge in [-0.1, -0.05) is 0 Å². The number of aryl methyl sites for hydroxylation is 3. The molecule has 2 aromatic rings. The lowest BCUT2D eigenvalue weighted by atomic mass is 10.0. The van der Waals surface area contributed by atoms with Gasteiger partial charge < -0.3 is 4.74 Å². The topological polar surface area (TPSA) is 92.8 Å². The van der Waals surface area contributed by atoms with E-state index in [0.717, 1.165) is 16.7 Å². The summed E-state index contributed by atoms with van der Waals surface area (Å²) in [7, 11) is -7.16. The number of nitrogens with one attached hydrogen (secondary N) is 1. The largest absolute Gasteiger partial charge is 0.493 e. The zero-order valence-corrected chi connectivity index (χ0v) is 19.4. The zero-order valence-electron chi connectivity index (χ0n) is 17.7. The first-order valence-electron chi connectivity index (χ1n) is 9.99. The van der Waals surface area contributed by atoms with Crippen molar-refractivity contribution in [2.45, 2.75) is 45.4 Å². The summed E-state index contributed by atoms with van der Waals surface area (Å²) < 4.78 is 60.3. The maximum absolute atomic E-state index is 13.0. The second kappa shape index (κ2) is 8.47. The second-order valence-corrected chi connectivity index (χ2v) is 11.2. The van der Waals surface area contributed by atoms with Gasteiger partial charge in [0.25, 0.3) is 10.0 Å². The van der Waals surface area contributed by atoms with Gasteiger partial charge in [0, 0.05) is 12.2 Å². The lowest BCUT2D eigenvalue weighted by Crippen LogP contribution is -2.36. The molecule has 0 amide bonds. The number of benzene rings is 2. The molecule has 0 aromatic heterocycles. The first-order chi connectivity index (χ1) is 14.1. The fraction of sp³-hybridized carbons (Fsp3) is 0.429. The van der Waals surface area contributed by atoms with Gasteiger partial charge >= 0.3 is 0 Å². The van der Waals surface area contributed by atoms with E-state index in [0.29, 0.717) is 43.1 Å². The first kappa shape index (κ1) is 22.4. The van der Waals surface area contributed by atoms with Crippen molar-refractivity contribution >= 4 is 31.4 Å². The van der Waals surface area contributed by atoms with Gasteiger partial charge in [-0.25, -0.2) is 16.8 Å². The molecular weight excluding hydrogens is 424 g/mol. The van der Waals surface area contributed by atoms with E-state index in [1.807, 2.05) is 20.8 Å². The van der Waals surface area contributed by atoms with E-state index in [2.05, 4.69) is 4.72 Å². The third-order valence-corrected chi connectivity index (χ3v) is 8.28. The SMILES string of the molecule is CCOc1c(C)cc(S(=O)(=O)Nc2ccc3c(c2)CCCN3S(=O)(=O)CC)cc1C. The van der Waals surface area contributed by atoms with Crippen LogP contribution in [0.15, 0.2) is 35.2 Å². The molecule has 9 heteroatoms. The number of anilines is 2. The van der Waals surface area contributed by atoms with E-state index in [-0.39, 0.29) is 10.6 Å². The van der Waals surface area contributed by atoms with Crippen LogP contribution >= 0.6 is 0 Å². The fourth-order valence-corrected chi connectivity index (χ4v) is 6.14. The van der Waals surface area contributed by atoms with E-state index in [1.54, 1.807) is 37.3 Å². The van der Waals surface area contributed by atoms with Gasteiger partial charge in [-0.05, 0) is 87.6 Å². The molecule has 0 bridgehead atoms. The summed E-state index contributed by atoms with van der Waals surface area (Å²) in [5, 5.41) is 0. The van der Waals surface area contributed by atoms with E-state index in [4.69, 9.17) is 4.74 Å². The summed E-state index contributed by atoms with van der Waals surface area (Å²) in [5.41, 5.74) is 3.36. The van der Waals surface area contributed by atoms with Crippen molar-refractivity contribution in [2.24, 2.45) is 0 Å². The molecule has 30 heavy (non-hydrogen) atoms. The Morgan fingerprint density at radius 2 is 1.70 bits per heavy atom. The molecule has 1 aliphatic rings. The Morgan fingerprint density at radius 1 is 1.03 bits per heavy atom. The molecule has 7 nitrogen and oxygen atoms in total. The Morgan fingerprint density at radius 3 is 2.30 bits per heavy atom. The Hall–Kier alpha value is -2.26. The van der Waals surface area contributed by atoms with Crippen LogP contribution in [0.4, 0.5) is 11.4 Å². The van der Waals surface area contributed by atoms with Gasteiger partial charge in [-0.15, -0.1) is 0 Å². The highest BCUT2D eigenvalue weighted by Gasteiger charge is 2.26. The van der Waals surface area contributed by atoms with Crippen molar-refractivity contribution in [3.8, 4) is 5.75 Å². The molecule has 2 aromatic carbocycles. The van der Waals surface area contributed by atoms with Crippen molar-refractivity contribution in [3.63, 3.8) is 0 Å². The van der Waals surface area contributed by atoms with Crippen LogP contribution in [0.3, 0.4) is 0 Å². The van der Waals surface area contributed by atoms with Crippen LogP contribution in [0.2, 0.25) is 0 Å². The summed E-state index contributed by atoms with van der Waals surface area (Å²) in [6, 6.07) is 8.18. The molecule has 0 unspecified atom stereocenters. The Bertz CT molecular complexity index is 1130. The van der Waals surface area contributed by atoms with Crippen LogP contribution in [0.5, 0.6) is 5.75 Å². The van der Waals surface area contributed by atoms with Gasteiger partial charge in [0.05, 0.1) is 22.9 Å². The molecule has 0 fully saturated rings. The van der Waals surface area contributed by atoms with Crippen LogP contribution in [0.1, 0.15) is 37.0 Å². The molecule has 1 aliphatic heterocycles. The van der Waals surface area contributed by atoms with Crippen molar-refractivity contribution in [1.29, 1.82) is 0 Å². The lowest BCUT2D eigenvalue weighted by molar-refractivity contribution is 0.335. The highest BCUT2D eigenvalue weighted by atomic mass is 32.2. The minimum Gasteiger partial charge on any atom is -0.493 e. The van der Waals surface area contributed by atoms with Crippen molar-refractivity contribution < 1.29 is 21.6 Å². The smallest absolute Gasteiger partial charge is 0.261 e. The number of ether oxygens (including phenoxy) is 1. The van der Waals surface area contributed by atoms with E-state index < -0.39 is 20.0 Å². The normalized spacial score (nSPS) is 14.3. The van der Waals surface area contributed by atoms with Crippen molar-refractivity contribution in [1.82, 2.24) is 0 Å². The van der Waals surface area contributed by atoms with E-state index in [1.165, 1.54) is 4.31 Å². The van der Waals surface area contributed by atoms with Crippen LogP contribution in [-0.2, 0) is 26.5 Å². The molecule has 1 heterocycles. The molecule has 1 N–H and O–H groups in total. The number of fused-ring (bicyclic) bond motifs is 1. The molecule has 0 saturated heterocycles. The summed E-state index contributed by atoms with van der Waals surface area (Å²) in [5.74, 6) is 0.722. The molecule has 0 radical (unpaired) electrons. The molecule has 0 saturated carbocycles. The quantitative estimate of drug-likeness (QED) is 0.693. The predicted octanol–water partition coefficient (Wildman–Crippen LogP) is 3.61. The Balaban J connectivity index is 1.92. The minimum absolute atomic E-state index is 0.0251. The maximum Gasteiger partial charge on any atom is 0.261 e. The fourth-order valence-electron chi connectivity index (χ4n) is 3.72. The van der Waals surface area contributed by atoms with Gasteiger partial charge in [0.1, 0.15) is 5.75 Å². The summed E-state index contributed by atoms with van der Waals surface area (Å²) in [4.78, 5) is 0.161. The monoisotopic (exact) mass is 452 g/mol. The van der Waals surface area contributed by atoms with Crippen molar-refractivity contribution in [2.75, 3.05) is 27.9 Å². The zero-order chi connectivity index (χ0) is 22.1. The number of nitrogens with zero attached hydrogens (tertiary/aromatic N) is 1. The summed E-state index contributed by atoms with van der Waals surface area (Å²) in [6.45, 7) is 8.09. The summed E-state index contributed by atoms with van der Waals surface area (Å²) in [6.07, 6.45) is 1.39. The third-order valence-electron chi connectivity index (χ3n) is 5.14. The Kier molecular flexibility index (Phi) is 6.33. The highest BCUT2D eigenvalue weighted by Crippen LogP contribution is 2.33. The van der Waals surface area contributed by atoms with Crippen LogP contribution in [0.25, 0.3) is 0 Å². The van der Waals surface area contributed by atoms with E-state index in [9.17, 15) is 16.8 Å². The van der Waals surface area contributed by atoms with E-state index >= 15 is 0 Å². The second-order valence-electron chi connectivity index (χ2n) is 7.34. The van der Waals surface area contributed by atoms with Crippen LogP contribution < -0.4 is 13.8 Å². The first-order valence-corrected chi connectivity index (χ1v) is 13.1. The van der Waals surface area contributed by atoms with Crippen LogP contribution in [0, 0.1) is 13.8 Å². The van der Waals surface area contributed by atoms with Crippen LogP contribution in [-0.4, -0.2) is 35.7 Å². The number of hydrogen-bond donors (Lipinski definition) is 1. The average Bonchev–Trinajstić information content (AvgIpc) is 2.69. The molecule has 0 aliphatic carbocycles. The maximum atomic E-state index is 13.0. The lowest BCUT2D eigenvalue weighted by Gasteiger charge is -2.30. The van der Waals surface area contributed by atoms with Gasteiger partial charge in [0.2, 0.25) is 10.0 Å². The molecule has 0 atom stereocenters. The summed E-state index contributed by atoms with van der Waals surface area (Å²) >= 11 is 0. The predicted molar refractivity (Wildman–Crippen MR) is 119 cm³/mol. The standard InChI is InChI=1S/C21H28N2O5S2/c1-5-28-21-15(3)12-19(13-16(21)4)30(26,27)22-18-9-10-20-17(14-18)8-7-11-23(20)29(24,25)6-2/h9-10,12-14,22H,5-8,11H2,1-4H3.